The maximum absolute atomic E-state index is 5.65. The Morgan fingerprint density at radius 2 is 2.30 bits per heavy atom. The zero-order chi connectivity index (χ0) is 7.03. The predicted octanol–water partition coefficient (Wildman–Crippen LogP) is 2.38. The molecule has 0 aromatic heterocycles. The van der Waals surface area contributed by atoms with Gasteiger partial charge in [0, 0.05) is 4.43 Å². The van der Waals surface area contributed by atoms with Crippen LogP contribution in [0.2, 0.25) is 0 Å². The lowest BCUT2D eigenvalue weighted by molar-refractivity contribution is 0.0762. The number of hydrogen-bond donors (Lipinski definition) is 0. The highest BCUT2D eigenvalue weighted by atomic mass is 127. The summed E-state index contributed by atoms with van der Waals surface area (Å²) in [7, 11) is 0. The molecule has 0 radical (unpaired) electrons. The lowest BCUT2D eigenvalue weighted by Crippen LogP contribution is -2.29. The van der Waals surface area contributed by atoms with E-state index in [9.17, 15) is 0 Å². The van der Waals surface area contributed by atoms with Gasteiger partial charge in [-0.15, -0.1) is 0 Å². The summed E-state index contributed by atoms with van der Waals surface area (Å²) in [6.07, 6.45) is 6.23. The lowest BCUT2D eigenvalue weighted by Gasteiger charge is -2.36. The molecule has 1 aliphatic heterocycles. The molecule has 2 heteroatoms. The molecule has 2 aliphatic rings. The van der Waals surface area contributed by atoms with Crippen LogP contribution < -0.4 is 0 Å². The van der Waals surface area contributed by atoms with Crippen molar-refractivity contribution in [2.45, 2.75) is 31.8 Å². The van der Waals surface area contributed by atoms with Gasteiger partial charge in [-0.05, 0) is 24.7 Å². The Bertz CT molecular complexity index is 131. The molecule has 1 heterocycles. The number of hydrogen-bond acceptors (Lipinski definition) is 1. The first-order chi connectivity index (χ1) is 4.85. The van der Waals surface area contributed by atoms with Crippen LogP contribution in [-0.4, -0.2) is 17.1 Å². The van der Waals surface area contributed by atoms with E-state index in [-0.39, 0.29) is 0 Å². The molecule has 2 rings (SSSR count). The average Bonchev–Trinajstić information content (AvgIpc) is 2.29. The van der Waals surface area contributed by atoms with Crippen LogP contribution in [0.5, 0.6) is 0 Å². The van der Waals surface area contributed by atoms with Crippen molar-refractivity contribution in [3.8, 4) is 0 Å². The minimum Gasteiger partial charge on any atom is -0.377 e. The van der Waals surface area contributed by atoms with E-state index in [0.29, 0.717) is 11.5 Å². The molecule has 1 atom stereocenters. The van der Waals surface area contributed by atoms with Crippen molar-refractivity contribution in [2.24, 2.45) is 5.41 Å². The zero-order valence-corrected chi connectivity index (χ0v) is 8.26. The van der Waals surface area contributed by atoms with Gasteiger partial charge in [0.15, 0.2) is 0 Å². The van der Waals surface area contributed by atoms with Gasteiger partial charge >= 0.3 is 0 Å². The highest BCUT2D eigenvalue weighted by Crippen LogP contribution is 2.49. The quantitative estimate of drug-likeness (QED) is 0.514. The summed E-state index contributed by atoms with van der Waals surface area (Å²) < 4.78 is 6.83. The van der Waals surface area contributed by atoms with Crippen LogP contribution in [0.15, 0.2) is 0 Å². The van der Waals surface area contributed by atoms with Gasteiger partial charge < -0.3 is 4.74 Å². The smallest absolute Gasteiger partial charge is 0.0670 e. The third-order valence-electron chi connectivity index (χ3n) is 2.87. The molecule has 1 spiro atoms. The highest BCUT2D eigenvalue weighted by Gasteiger charge is 2.43. The van der Waals surface area contributed by atoms with E-state index >= 15 is 0 Å². The van der Waals surface area contributed by atoms with Crippen LogP contribution in [0, 0.1) is 5.41 Å². The van der Waals surface area contributed by atoms with E-state index < -0.39 is 0 Å². The van der Waals surface area contributed by atoms with Gasteiger partial charge in [0.1, 0.15) is 0 Å². The molecule has 0 aromatic carbocycles. The van der Waals surface area contributed by atoms with Crippen molar-refractivity contribution in [1.29, 1.82) is 0 Å². The molecule has 2 fully saturated rings. The van der Waals surface area contributed by atoms with Crippen molar-refractivity contribution >= 4 is 22.6 Å². The summed E-state index contributed by atoms with van der Waals surface area (Å²) in [5, 5.41) is 0. The van der Waals surface area contributed by atoms with E-state index in [2.05, 4.69) is 22.6 Å². The van der Waals surface area contributed by atoms with Gasteiger partial charge in [-0.2, -0.15) is 0 Å². The fourth-order valence-corrected chi connectivity index (χ4v) is 2.59. The van der Waals surface area contributed by atoms with Crippen LogP contribution in [0.3, 0.4) is 0 Å². The van der Waals surface area contributed by atoms with Gasteiger partial charge in [0.25, 0.3) is 0 Å². The molecule has 0 bridgehead atoms. The topological polar surface area (TPSA) is 9.23 Å². The molecule has 10 heavy (non-hydrogen) atoms. The summed E-state index contributed by atoms with van der Waals surface area (Å²) in [5.74, 6) is 0. The minimum atomic E-state index is 0.584. The molecule has 1 saturated carbocycles. The van der Waals surface area contributed by atoms with Crippen molar-refractivity contribution in [3.05, 3.63) is 0 Å². The number of ether oxygens (including phenoxy) is 1. The largest absolute Gasteiger partial charge is 0.377 e. The molecular weight excluding hydrogens is 239 g/mol. The fraction of sp³-hybridized carbons (Fsp3) is 1.00. The maximum Gasteiger partial charge on any atom is 0.0670 e. The van der Waals surface area contributed by atoms with Crippen molar-refractivity contribution in [2.75, 3.05) is 11.0 Å². The van der Waals surface area contributed by atoms with E-state index in [4.69, 9.17) is 4.74 Å². The SMILES string of the molecule is ICC1CC2(CCC2)CO1. The number of rotatable bonds is 1. The minimum absolute atomic E-state index is 0.584. The molecule has 58 valence electrons. The molecule has 0 amide bonds. The fourth-order valence-electron chi connectivity index (χ4n) is 2.02. The summed E-state index contributed by atoms with van der Waals surface area (Å²) >= 11 is 2.42. The second kappa shape index (κ2) is 2.63. The van der Waals surface area contributed by atoms with Crippen LogP contribution in [0.1, 0.15) is 25.7 Å². The first-order valence-electron chi connectivity index (χ1n) is 4.02. The second-order valence-electron chi connectivity index (χ2n) is 3.64. The lowest BCUT2D eigenvalue weighted by atomic mass is 9.68. The Hall–Kier alpha value is 0.690. The Morgan fingerprint density at radius 3 is 2.60 bits per heavy atom. The molecule has 1 aliphatic carbocycles. The van der Waals surface area contributed by atoms with Crippen LogP contribution in [0.25, 0.3) is 0 Å². The van der Waals surface area contributed by atoms with E-state index in [1.165, 1.54) is 30.1 Å². The third kappa shape index (κ3) is 1.09. The van der Waals surface area contributed by atoms with Crippen LogP contribution in [-0.2, 0) is 4.74 Å². The van der Waals surface area contributed by atoms with Gasteiger partial charge in [0.05, 0.1) is 12.7 Å². The van der Waals surface area contributed by atoms with E-state index in [1.54, 1.807) is 0 Å². The first kappa shape index (κ1) is 7.35. The van der Waals surface area contributed by atoms with Gasteiger partial charge in [-0.25, -0.2) is 0 Å². The highest BCUT2D eigenvalue weighted by molar-refractivity contribution is 14.1. The predicted molar refractivity (Wildman–Crippen MR) is 49.5 cm³/mol. The Kier molecular flexibility index (Phi) is 1.93. The van der Waals surface area contributed by atoms with Crippen LogP contribution in [0.4, 0.5) is 0 Å². The van der Waals surface area contributed by atoms with Gasteiger partial charge in [-0.1, -0.05) is 29.0 Å². The summed E-state index contributed by atoms with van der Waals surface area (Å²) in [4.78, 5) is 0. The van der Waals surface area contributed by atoms with Crippen molar-refractivity contribution in [1.82, 2.24) is 0 Å². The monoisotopic (exact) mass is 252 g/mol. The molecule has 1 nitrogen and oxygen atoms in total. The van der Waals surface area contributed by atoms with Gasteiger partial charge in [-0.3, -0.25) is 0 Å². The zero-order valence-electron chi connectivity index (χ0n) is 6.11. The third-order valence-corrected chi connectivity index (χ3v) is 3.85. The molecule has 0 N–H and O–H groups in total. The van der Waals surface area contributed by atoms with E-state index in [0.717, 1.165) is 6.61 Å². The van der Waals surface area contributed by atoms with E-state index in [1.807, 2.05) is 0 Å². The molecule has 1 unspecified atom stereocenters. The summed E-state index contributed by atoms with van der Waals surface area (Å²) in [5.41, 5.74) is 0.663. The summed E-state index contributed by atoms with van der Waals surface area (Å²) in [6, 6.07) is 0. The average molecular weight is 252 g/mol. The Labute approximate surface area is 75.7 Å². The Morgan fingerprint density at radius 1 is 1.50 bits per heavy atom. The first-order valence-corrected chi connectivity index (χ1v) is 5.55. The van der Waals surface area contributed by atoms with Crippen molar-refractivity contribution < 1.29 is 4.74 Å². The molecular formula is C8H13IO. The standard InChI is InChI=1S/C8H13IO/c9-5-7-4-8(6-10-7)2-1-3-8/h7H,1-6H2. The van der Waals surface area contributed by atoms with Crippen molar-refractivity contribution in [3.63, 3.8) is 0 Å². The normalized spacial score (nSPS) is 36.3. The Balaban J connectivity index is 1.92. The number of halogens is 1. The number of alkyl halides is 1. The van der Waals surface area contributed by atoms with Gasteiger partial charge in [0.2, 0.25) is 0 Å². The maximum atomic E-state index is 5.65. The second-order valence-corrected chi connectivity index (χ2v) is 4.53. The molecule has 1 saturated heterocycles. The summed E-state index contributed by atoms with van der Waals surface area (Å²) in [6.45, 7) is 1.06. The van der Waals surface area contributed by atoms with Crippen LogP contribution >= 0.6 is 22.6 Å². The molecule has 0 aromatic rings.